The molecule has 0 aromatic carbocycles. The van der Waals surface area contributed by atoms with Gasteiger partial charge < -0.3 is 5.32 Å². The van der Waals surface area contributed by atoms with Crippen LogP contribution < -0.4 is 10.9 Å². The number of anilines is 1. The van der Waals surface area contributed by atoms with E-state index in [0.717, 1.165) is 25.7 Å². The molecule has 2 rings (SSSR count). The van der Waals surface area contributed by atoms with Gasteiger partial charge >= 0.3 is 0 Å². The van der Waals surface area contributed by atoms with Crippen LogP contribution in [0.5, 0.6) is 0 Å². The molecule has 1 aromatic rings. The van der Waals surface area contributed by atoms with E-state index in [9.17, 15) is 14.4 Å². The predicted molar refractivity (Wildman–Crippen MR) is 71.5 cm³/mol. The lowest BCUT2D eigenvalue weighted by atomic mass is 9.86. The zero-order valence-corrected chi connectivity index (χ0v) is 11.3. The lowest BCUT2D eigenvalue weighted by Gasteiger charge is -2.23. The average Bonchev–Trinajstić information content (AvgIpc) is 2.68. The highest BCUT2D eigenvalue weighted by atomic mass is 16.2. The normalized spacial score (nSPS) is 16.3. The Morgan fingerprint density at radius 2 is 1.84 bits per heavy atom. The molecule has 6 heteroatoms. The maximum absolute atomic E-state index is 11.9. The molecule has 0 saturated heterocycles. The van der Waals surface area contributed by atoms with E-state index in [1.807, 2.05) is 0 Å². The Morgan fingerprint density at radius 3 is 2.37 bits per heavy atom. The monoisotopic (exact) mass is 265 g/mol. The third-order valence-corrected chi connectivity index (χ3v) is 3.55. The molecule has 19 heavy (non-hydrogen) atoms. The molecule has 0 radical (unpaired) electrons. The van der Waals surface area contributed by atoms with Crippen LogP contribution in [0.3, 0.4) is 0 Å². The lowest BCUT2D eigenvalue weighted by molar-refractivity contribution is -0.114. The number of carbonyl (C=O) groups is 2. The summed E-state index contributed by atoms with van der Waals surface area (Å²) in [5.74, 6) is -0.392. The van der Waals surface area contributed by atoms with Gasteiger partial charge in [-0.25, -0.2) is 4.68 Å². The highest BCUT2D eigenvalue weighted by molar-refractivity contribution is 5.90. The van der Waals surface area contributed by atoms with Gasteiger partial charge in [0.2, 0.25) is 11.8 Å². The van der Waals surface area contributed by atoms with Gasteiger partial charge in [-0.05, 0) is 12.8 Å². The van der Waals surface area contributed by atoms with E-state index in [2.05, 4.69) is 10.4 Å². The molecule has 0 unspecified atom stereocenters. The van der Waals surface area contributed by atoms with Crippen molar-refractivity contribution in [2.45, 2.75) is 51.9 Å². The summed E-state index contributed by atoms with van der Waals surface area (Å²) in [5, 5.41) is 5.07. The third kappa shape index (κ3) is 2.77. The number of aromatic nitrogens is 2. The molecule has 104 valence electrons. The zero-order valence-electron chi connectivity index (χ0n) is 11.3. The van der Waals surface area contributed by atoms with E-state index in [0.29, 0.717) is 5.69 Å². The molecule has 6 nitrogen and oxygen atoms in total. The summed E-state index contributed by atoms with van der Waals surface area (Å²) in [6.45, 7) is 2.76. The van der Waals surface area contributed by atoms with Gasteiger partial charge in [-0.2, -0.15) is 0 Å². The van der Waals surface area contributed by atoms with Gasteiger partial charge in [-0.15, -0.1) is 0 Å². The number of amides is 1. The van der Waals surface area contributed by atoms with Crippen LogP contribution in [0.2, 0.25) is 0 Å². The standard InChI is InChI=1S/C13H19N3O3/c1-8(17)14-11-12(10-6-4-3-5-7-10)16(9(2)18)15-13(11)19/h10H,3-7H2,1-2H3,(H,14,17)(H,15,19). The number of rotatable bonds is 2. The van der Waals surface area contributed by atoms with Gasteiger partial charge in [0.25, 0.3) is 5.56 Å². The molecular weight excluding hydrogens is 246 g/mol. The molecule has 0 bridgehead atoms. The minimum absolute atomic E-state index is 0.151. The molecule has 1 aliphatic carbocycles. The number of H-pyrrole nitrogens is 1. The number of carbonyl (C=O) groups excluding carboxylic acids is 2. The van der Waals surface area contributed by atoms with Crippen molar-refractivity contribution in [3.63, 3.8) is 0 Å². The van der Waals surface area contributed by atoms with Crippen molar-refractivity contribution in [1.29, 1.82) is 0 Å². The summed E-state index contributed by atoms with van der Waals surface area (Å²) in [6.07, 6.45) is 5.23. The van der Waals surface area contributed by atoms with Crippen LogP contribution in [0.1, 0.15) is 62.4 Å². The summed E-state index contributed by atoms with van der Waals surface area (Å²) in [5.41, 5.74) is 0.452. The Hall–Kier alpha value is -1.85. The van der Waals surface area contributed by atoms with E-state index in [1.165, 1.54) is 25.0 Å². The van der Waals surface area contributed by atoms with Gasteiger partial charge in [0.1, 0.15) is 5.69 Å². The van der Waals surface area contributed by atoms with Crippen molar-refractivity contribution in [3.8, 4) is 0 Å². The highest BCUT2D eigenvalue weighted by Crippen LogP contribution is 2.35. The summed E-state index contributed by atoms with van der Waals surface area (Å²) >= 11 is 0. The Morgan fingerprint density at radius 1 is 1.21 bits per heavy atom. The van der Waals surface area contributed by atoms with Crippen molar-refractivity contribution in [1.82, 2.24) is 9.78 Å². The molecule has 2 N–H and O–H groups in total. The van der Waals surface area contributed by atoms with E-state index in [-0.39, 0.29) is 23.4 Å². The Kier molecular flexibility index (Phi) is 3.87. The van der Waals surface area contributed by atoms with Gasteiger partial charge in [-0.3, -0.25) is 19.5 Å². The number of nitrogens with one attached hydrogen (secondary N) is 2. The lowest BCUT2D eigenvalue weighted by Crippen LogP contribution is -2.18. The first-order valence-electron chi connectivity index (χ1n) is 6.64. The van der Waals surface area contributed by atoms with Crippen LogP contribution >= 0.6 is 0 Å². The number of aromatic amines is 1. The van der Waals surface area contributed by atoms with Crippen LogP contribution in [0.4, 0.5) is 5.69 Å². The Labute approximate surface area is 111 Å². The minimum atomic E-state index is -0.411. The van der Waals surface area contributed by atoms with E-state index in [1.54, 1.807) is 0 Å². The second-order valence-electron chi connectivity index (χ2n) is 5.07. The van der Waals surface area contributed by atoms with Crippen LogP contribution in [0.25, 0.3) is 0 Å². The van der Waals surface area contributed by atoms with Crippen molar-refractivity contribution >= 4 is 17.5 Å². The molecule has 0 atom stereocenters. The first kappa shape index (κ1) is 13.6. The fourth-order valence-corrected chi connectivity index (χ4v) is 2.75. The maximum Gasteiger partial charge on any atom is 0.288 e. The second kappa shape index (κ2) is 5.42. The highest BCUT2D eigenvalue weighted by Gasteiger charge is 2.27. The topological polar surface area (TPSA) is 84.0 Å². The van der Waals surface area contributed by atoms with Crippen LogP contribution in [-0.4, -0.2) is 21.6 Å². The summed E-state index contributed by atoms with van der Waals surface area (Å²) in [4.78, 5) is 34.8. The average molecular weight is 265 g/mol. The van der Waals surface area contributed by atoms with E-state index < -0.39 is 5.56 Å². The quantitative estimate of drug-likeness (QED) is 0.855. The van der Waals surface area contributed by atoms with Gasteiger partial charge in [-0.1, -0.05) is 19.3 Å². The van der Waals surface area contributed by atoms with Gasteiger partial charge in [0.05, 0.1) is 5.69 Å². The summed E-state index contributed by atoms with van der Waals surface area (Å²) < 4.78 is 1.28. The van der Waals surface area contributed by atoms with Crippen molar-refractivity contribution in [3.05, 3.63) is 16.0 Å². The summed E-state index contributed by atoms with van der Waals surface area (Å²) in [6, 6.07) is 0. The van der Waals surface area contributed by atoms with Gasteiger partial charge in [0, 0.05) is 19.8 Å². The molecule has 1 aliphatic rings. The number of hydrogen-bond donors (Lipinski definition) is 2. The maximum atomic E-state index is 11.9. The molecule has 0 aliphatic heterocycles. The predicted octanol–water partition coefficient (Wildman–Crippen LogP) is 1.84. The largest absolute Gasteiger partial charge is 0.320 e. The SMILES string of the molecule is CC(=O)Nc1c(C2CCCCC2)n(C(C)=O)[nH]c1=O. The zero-order chi connectivity index (χ0) is 14.0. The van der Waals surface area contributed by atoms with Crippen molar-refractivity contribution in [2.75, 3.05) is 5.32 Å². The van der Waals surface area contributed by atoms with Crippen molar-refractivity contribution < 1.29 is 9.59 Å². The minimum Gasteiger partial charge on any atom is -0.320 e. The first-order valence-corrected chi connectivity index (χ1v) is 6.64. The Bertz CT molecular complexity index is 550. The van der Waals surface area contributed by atoms with Crippen LogP contribution in [0, 0.1) is 0 Å². The van der Waals surface area contributed by atoms with Crippen LogP contribution in [0.15, 0.2) is 4.79 Å². The summed E-state index contributed by atoms with van der Waals surface area (Å²) in [7, 11) is 0. The smallest absolute Gasteiger partial charge is 0.288 e. The van der Waals surface area contributed by atoms with Crippen molar-refractivity contribution in [2.24, 2.45) is 0 Å². The number of hydrogen-bond acceptors (Lipinski definition) is 3. The molecule has 1 fully saturated rings. The molecule has 1 aromatic heterocycles. The Balaban J connectivity index is 2.49. The van der Waals surface area contributed by atoms with E-state index in [4.69, 9.17) is 0 Å². The molecular formula is C13H19N3O3. The molecule has 1 amide bonds. The third-order valence-electron chi connectivity index (χ3n) is 3.55. The second-order valence-corrected chi connectivity index (χ2v) is 5.07. The molecule has 1 saturated carbocycles. The first-order chi connectivity index (χ1) is 9.00. The molecule has 1 heterocycles. The fraction of sp³-hybridized carbons (Fsp3) is 0.615. The molecule has 0 spiro atoms. The van der Waals surface area contributed by atoms with Gasteiger partial charge in [0.15, 0.2) is 0 Å². The fourth-order valence-electron chi connectivity index (χ4n) is 2.75. The van der Waals surface area contributed by atoms with E-state index >= 15 is 0 Å². The number of nitrogens with zero attached hydrogens (tertiary/aromatic N) is 1. The van der Waals surface area contributed by atoms with Crippen LogP contribution in [-0.2, 0) is 4.79 Å².